The summed E-state index contributed by atoms with van der Waals surface area (Å²) in [5.41, 5.74) is 7.51. The molecule has 0 radical (unpaired) electrons. The van der Waals surface area contributed by atoms with E-state index >= 15 is 0 Å². The van der Waals surface area contributed by atoms with Crippen molar-refractivity contribution in [2.45, 2.75) is 19.9 Å². The number of rotatable bonds is 3. The van der Waals surface area contributed by atoms with E-state index in [1.54, 1.807) is 6.07 Å². The highest BCUT2D eigenvalue weighted by molar-refractivity contribution is 9.10. The molecule has 1 fully saturated rings. The molecule has 4 nitrogen and oxygen atoms in total. The Bertz CT molecular complexity index is 640. The molecule has 0 spiro atoms. The lowest BCUT2D eigenvalue weighted by atomic mass is 10.1. The molecule has 0 aliphatic carbocycles. The minimum absolute atomic E-state index is 0.278. The fourth-order valence-electron chi connectivity index (χ4n) is 2.94. The maximum atomic E-state index is 13.7. The zero-order valence-electron chi connectivity index (χ0n) is 11.4. The van der Waals surface area contributed by atoms with Crippen LogP contribution in [0.25, 0.3) is 11.0 Å². The lowest BCUT2D eigenvalue weighted by molar-refractivity contribution is 0.334. The summed E-state index contributed by atoms with van der Waals surface area (Å²) >= 11 is 3.18. The summed E-state index contributed by atoms with van der Waals surface area (Å²) in [6.45, 7) is 6.27. The highest BCUT2D eigenvalue weighted by Crippen LogP contribution is 2.27. The third-order valence-corrected chi connectivity index (χ3v) is 4.69. The number of fused-ring (bicyclic) bond motifs is 1. The van der Waals surface area contributed by atoms with Gasteiger partial charge in [-0.3, -0.25) is 0 Å². The quantitative estimate of drug-likeness (QED) is 0.934. The van der Waals surface area contributed by atoms with Crippen molar-refractivity contribution in [1.82, 2.24) is 14.5 Å². The topological polar surface area (TPSA) is 47.1 Å². The van der Waals surface area contributed by atoms with Gasteiger partial charge < -0.3 is 15.2 Å². The Hall–Kier alpha value is -1.14. The average molecular weight is 341 g/mol. The molecule has 2 N–H and O–H groups in total. The summed E-state index contributed by atoms with van der Waals surface area (Å²) in [7, 11) is 0. The van der Waals surface area contributed by atoms with Crippen LogP contribution in [0.15, 0.2) is 16.6 Å². The third kappa shape index (κ3) is 2.42. The highest BCUT2D eigenvalue weighted by Gasteiger charge is 2.23. The van der Waals surface area contributed by atoms with Crippen LogP contribution < -0.4 is 5.73 Å². The lowest BCUT2D eigenvalue weighted by Gasteiger charge is -2.14. The van der Waals surface area contributed by atoms with Crippen LogP contribution in [0.4, 0.5) is 10.3 Å². The van der Waals surface area contributed by atoms with Gasteiger partial charge in [-0.15, -0.1) is 0 Å². The van der Waals surface area contributed by atoms with Gasteiger partial charge in [0.25, 0.3) is 0 Å². The van der Waals surface area contributed by atoms with Gasteiger partial charge in [-0.05, 0) is 47.4 Å². The van der Waals surface area contributed by atoms with Crippen LogP contribution in [-0.2, 0) is 6.54 Å². The maximum Gasteiger partial charge on any atom is 0.201 e. The minimum Gasteiger partial charge on any atom is -0.369 e. The van der Waals surface area contributed by atoms with Crippen LogP contribution in [-0.4, -0.2) is 34.1 Å². The predicted molar refractivity (Wildman–Crippen MR) is 82.0 cm³/mol. The van der Waals surface area contributed by atoms with Gasteiger partial charge in [0.2, 0.25) is 5.95 Å². The molecule has 108 valence electrons. The first-order chi connectivity index (χ1) is 9.58. The normalized spacial score (nSPS) is 20.1. The van der Waals surface area contributed by atoms with Gasteiger partial charge in [-0.1, -0.05) is 6.92 Å². The number of likely N-dealkylation sites (tertiary alicyclic amines) is 1. The van der Waals surface area contributed by atoms with E-state index in [0.717, 1.165) is 43.6 Å². The zero-order chi connectivity index (χ0) is 14.3. The molecule has 0 saturated carbocycles. The van der Waals surface area contributed by atoms with E-state index in [1.165, 1.54) is 6.07 Å². The van der Waals surface area contributed by atoms with Crippen molar-refractivity contribution in [3.05, 3.63) is 22.4 Å². The molecule has 0 bridgehead atoms. The van der Waals surface area contributed by atoms with Crippen molar-refractivity contribution >= 4 is 32.9 Å². The summed E-state index contributed by atoms with van der Waals surface area (Å²) in [6.07, 6.45) is 1.16. The molecule has 1 aromatic carbocycles. The summed E-state index contributed by atoms with van der Waals surface area (Å²) < 4.78 is 16.1. The first-order valence-electron chi connectivity index (χ1n) is 6.91. The van der Waals surface area contributed by atoms with E-state index in [4.69, 9.17) is 5.73 Å². The molecule has 2 aromatic rings. The Kier molecular flexibility index (Phi) is 3.69. The summed E-state index contributed by atoms with van der Waals surface area (Å²) in [5.74, 6) is 0.745. The smallest absolute Gasteiger partial charge is 0.201 e. The summed E-state index contributed by atoms with van der Waals surface area (Å²) in [4.78, 5) is 6.75. The molecular formula is C14H18BrFN4. The number of hydrogen-bond acceptors (Lipinski definition) is 3. The number of nitrogen functional groups attached to an aromatic ring is 1. The van der Waals surface area contributed by atoms with Gasteiger partial charge in [0, 0.05) is 19.2 Å². The van der Waals surface area contributed by atoms with Crippen LogP contribution in [0.3, 0.4) is 0 Å². The van der Waals surface area contributed by atoms with Gasteiger partial charge >= 0.3 is 0 Å². The second-order valence-corrected chi connectivity index (χ2v) is 6.24. The lowest BCUT2D eigenvalue weighted by Crippen LogP contribution is -2.21. The van der Waals surface area contributed by atoms with Crippen LogP contribution >= 0.6 is 15.9 Å². The van der Waals surface area contributed by atoms with Crippen molar-refractivity contribution in [1.29, 1.82) is 0 Å². The molecule has 1 unspecified atom stereocenters. The predicted octanol–water partition coefficient (Wildman–Crippen LogP) is 2.86. The van der Waals surface area contributed by atoms with Gasteiger partial charge in [0.05, 0.1) is 15.5 Å². The van der Waals surface area contributed by atoms with Crippen molar-refractivity contribution in [3.63, 3.8) is 0 Å². The van der Waals surface area contributed by atoms with Crippen LogP contribution in [0.5, 0.6) is 0 Å². The molecular weight excluding hydrogens is 323 g/mol. The number of nitrogens with zero attached hydrogens (tertiary/aromatic N) is 3. The molecule has 0 amide bonds. The molecule has 1 aromatic heterocycles. The Morgan fingerprint density at radius 2 is 2.30 bits per heavy atom. The Morgan fingerprint density at radius 1 is 1.50 bits per heavy atom. The SMILES string of the molecule is CCN1CCC(Cn2c(N)nc3cc(Br)c(F)cc32)C1. The van der Waals surface area contributed by atoms with Gasteiger partial charge in [-0.25, -0.2) is 9.37 Å². The van der Waals surface area contributed by atoms with E-state index < -0.39 is 0 Å². The third-order valence-electron chi connectivity index (χ3n) is 4.08. The standard InChI is InChI=1S/C14H18BrFN4/c1-2-19-4-3-9(7-19)8-20-13-6-11(16)10(15)5-12(13)18-14(20)17/h5-6,9H,2-4,7-8H2,1H3,(H2,17,18). The van der Waals surface area contributed by atoms with Gasteiger partial charge in [0.15, 0.2) is 0 Å². The van der Waals surface area contributed by atoms with Crippen LogP contribution in [0.2, 0.25) is 0 Å². The molecule has 1 aliphatic heterocycles. The second kappa shape index (κ2) is 5.33. The number of halogens is 2. The fraction of sp³-hybridized carbons (Fsp3) is 0.500. The van der Waals surface area contributed by atoms with E-state index in [2.05, 4.69) is 32.7 Å². The summed E-state index contributed by atoms with van der Waals surface area (Å²) in [6, 6.07) is 3.19. The number of imidazole rings is 1. The zero-order valence-corrected chi connectivity index (χ0v) is 13.0. The Morgan fingerprint density at radius 3 is 3.00 bits per heavy atom. The fourth-order valence-corrected chi connectivity index (χ4v) is 3.27. The van der Waals surface area contributed by atoms with Gasteiger partial charge in [0.1, 0.15) is 5.82 Å². The number of anilines is 1. The minimum atomic E-state index is -0.278. The highest BCUT2D eigenvalue weighted by atomic mass is 79.9. The summed E-state index contributed by atoms with van der Waals surface area (Å²) in [5, 5.41) is 0. The van der Waals surface area contributed by atoms with E-state index in [1.807, 2.05) is 4.57 Å². The molecule has 1 atom stereocenters. The first kappa shape index (κ1) is 13.8. The monoisotopic (exact) mass is 340 g/mol. The second-order valence-electron chi connectivity index (χ2n) is 5.38. The molecule has 1 aliphatic rings. The van der Waals surface area contributed by atoms with Crippen molar-refractivity contribution in [2.24, 2.45) is 5.92 Å². The number of hydrogen-bond donors (Lipinski definition) is 1. The van der Waals surface area contributed by atoms with Crippen LogP contribution in [0.1, 0.15) is 13.3 Å². The average Bonchev–Trinajstić information content (AvgIpc) is 2.98. The number of nitrogens with two attached hydrogens (primary N) is 1. The van der Waals surface area contributed by atoms with Crippen molar-refractivity contribution < 1.29 is 4.39 Å². The molecule has 2 heterocycles. The Labute approximate surface area is 125 Å². The first-order valence-corrected chi connectivity index (χ1v) is 7.71. The van der Waals surface area contributed by atoms with Crippen molar-refractivity contribution in [2.75, 3.05) is 25.4 Å². The molecule has 20 heavy (non-hydrogen) atoms. The van der Waals surface area contributed by atoms with Crippen LogP contribution in [0, 0.1) is 11.7 Å². The van der Waals surface area contributed by atoms with E-state index in [0.29, 0.717) is 16.3 Å². The largest absolute Gasteiger partial charge is 0.369 e. The maximum absolute atomic E-state index is 13.7. The molecule has 6 heteroatoms. The van der Waals surface area contributed by atoms with E-state index in [9.17, 15) is 4.39 Å². The van der Waals surface area contributed by atoms with Gasteiger partial charge in [-0.2, -0.15) is 0 Å². The van der Waals surface area contributed by atoms with Crippen molar-refractivity contribution in [3.8, 4) is 0 Å². The van der Waals surface area contributed by atoms with E-state index in [-0.39, 0.29) is 5.82 Å². The molecule has 1 saturated heterocycles. The number of benzene rings is 1. The number of aromatic nitrogens is 2. The molecule has 3 rings (SSSR count). The Balaban J connectivity index is 1.91.